The van der Waals surface area contributed by atoms with Gasteiger partial charge >= 0.3 is 0 Å². The zero-order chi connectivity index (χ0) is 16.4. The van der Waals surface area contributed by atoms with Crippen LogP contribution in [0.4, 0.5) is 0 Å². The molecule has 8 unspecified atom stereocenters. The van der Waals surface area contributed by atoms with Gasteiger partial charge in [0.05, 0.1) is 0 Å². The van der Waals surface area contributed by atoms with Crippen LogP contribution < -0.4 is 0 Å². The van der Waals surface area contributed by atoms with Crippen molar-refractivity contribution in [2.75, 3.05) is 0 Å². The van der Waals surface area contributed by atoms with Crippen LogP contribution in [0.2, 0.25) is 0 Å². The molecule has 0 N–H and O–H groups in total. The Labute approximate surface area is 142 Å². The molecule has 0 aromatic carbocycles. The first kappa shape index (κ1) is 15.9. The Balaban J connectivity index is 1.63. The second kappa shape index (κ2) is 5.46. The average Bonchev–Trinajstić information content (AvgIpc) is 2.86. The lowest BCUT2D eigenvalue weighted by atomic mass is 9.48. The monoisotopic (exact) mass is 314 g/mol. The topological polar surface area (TPSA) is 17.1 Å². The van der Waals surface area contributed by atoms with Gasteiger partial charge in [0.2, 0.25) is 0 Å². The van der Waals surface area contributed by atoms with Crippen molar-refractivity contribution in [1.29, 1.82) is 0 Å². The SMILES string of the molecule is C=C1CC2C3CCC(C)CC3CCC2C2CCC(C(C)=O)C12C. The van der Waals surface area contributed by atoms with Crippen molar-refractivity contribution in [1.82, 2.24) is 0 Å². The number of allylic oxidation sites excluding steroid dienone is 1. The molecule has 0 amide bonds. The second-order valence-corrected chi connectivity index (χ2v) is 9.68. The Hall–Kier alpha value is -0.590. The molecule has 0 bridgehead atoms. The van der Waals surface area contributed by atoms with Gasteiger partial charge in [-0.3, -0.25) is 4.79 Å². The molecule has 4 saturated carbocycles. The van der Waals surface area contributed by atoms with Crippen molar-refractivity contribution in [2.45, 2.75) is 72.1 Å². The van der Waals surface area contributed by atoms with Crippen molar-refractivity contribution in [3.05, 3.63) is 12.2 Å². The number of hydrogen-bond donors (Lipinski definition) is 0. The van der Waals surface area contributed by atoms with Crippen LogP contribution in [-0.2, 0) is 4.79 Å². The van der Waals surface area contributed by atoms with E-state index in [4.69, 9.17) is 0 Å². The van der Waals surface area contributed by atoms with Gasteiger partial charge in [0.1, 0.15) is 5.78 Å². The normalized spacial score (nSPS) is 52.5. The van der Waals surface area contributed by atoms with E-state index in [0.29, 0.717) is 5.78 Å². The van der Waals surface area contributed by atoms with Crippen LogP contribution in [0.25, 0.3) is 0 Å². The molecule has 0 saturated heterocycles. The zero-order valence-electron chi connectivity index (χ0n) is 15.3. The van der Waals surface area contributed by atoms with Gasteiger partial charge in [0.25, 0.3) is 0 Å². The van der Waals surface area contributed by atoms with Crippen molar-refractivity contribution < 1.29 is 4.79 Å². The van der Waals surface area contributed by atoms with E-state index >= 15 is 0 Å². The molecule has 4 aliphatic carbocycles. The fraction of sp³-hybridized carbons (Fsp3) is 0.864. The number of carbonyl (C=O) groups excluding carboxylic acids is 1. The first-order chi connectivity index (χ1) is 10.9. The summed E-state index contributed by atoms with van der Waals surface area (Å²) >= 11 is 0. The molecule has 0 aromatic rings. The Morgan fingerprint density at radius 2 is 1.78 bits per heavy atom. The second-order valence-electron chi connectivity index (χ2n) is 9.68. The minimum Gasteiger partial charge on any atom is -0.300 e. The van der Waals surface area contributed by atoms with Crippen molar-refractivity contribution in [3.8, 4) is 0 Å². The maximum absolute atomic E-state index is 12.2. The standard InChI is InChI=1S/C22H34O/c1-13-5-7-17-16(11-13)6-8-18-19(17)12-14(2)22(4)20(15(3)23)9-10-21(18)22/h13,16-21H,2,5-12H2,1,3-4H3. The van der Waals surface area contributed by atoms with E-state index in [1.54, 1.807) is 0 Å². The van der Waals surface area contributed by atoms with Crippen LogP contribution in [0.1, 0.15) is 72.1 Å². The van der Waals surface area contributed by atoms with Crippen LogP contribution in [0.15, 0.2) is 12.2 Å². The van der Waals surface area contributed by atoms with E-state index in [9.17, 15) is 4.79 Å². The summed E-state index contributed by atoms with van der Waals surface area (Å²) in [7, 11) is 0. The zero-order valence-corrected chi connectivity index (χ0v) is 15.3. The predicted octanol–water partition coefficient (Wildman–Crippen LogP) is 5.65. The fourth-order valence-electron chi connectivity index (χ4n) is 7.66. The molecular formula is C22H34O. The molecule has 4 aliphatic rings. The molecule has 0 aromatic heterocycles. The number of Topliss-reactive ketones (excluding diaryl/α,β-unsaturated/α-hetero) is 1. The number of rotatable bonds is 1. The van der Waals surface area contributed by atoms with Crippen LogP contribution in [0, 0.1) is 46.8 Å². The van der Waals surface area contributed by atoms with Gasteiger partial charge in [-0.25, -0.2) is 0 Å². The molecule has 4 fully saturated rings. The highest BCUT2D eigenvalue weighted by Gasteiger charge is 2.59. The number of carbonyl (C=O) groups is 1. The van der Waals surface area contributed by atoms with Crippen molar-refractivity contribution in [2.24, 2.45) is 46.8 Å². The van der Waals surface area contributed by atoms with Gasteiger partial charge in [-0.1, -0.05) is 32.4 Å². The predicted molar refractivity (Wildman–Crippen MR) is 95.0 cm³/mol. The van der Waals surface area contributed by atoms with Gasteiger partial charge in [0.15, 0.2) is 0 Å². The Morgan fingerprint density at radius 3 is 2.52 bits per heavy atom. The average molecular weight is 315 g/mol. The van der Waals surface area contributed by atoms with Gasteiger partial charge in [0, 0.05) is 11.3 Å². The molecule has 4 rings (SSSR count). The molecule has 0 radical (unpaired) electrons. The lowest BCUT2D eigenvalue weighted by Gasteiger charge is -2.57. The van der Waals surface area contributed by atoms with Gasteiger partial charge < -0.3 is 0 Å². The van der Waals surface area contributed by atoms with Crippen molar-refractivity contribution >= 4 is 5.78 Å². The van der Waals surface area contributed by atoms with Gasteiger partial charge in [-0.2, -0.15) is 0 Å². The van der Waals surface area contributed by atoms with E-state index in [1.165, 1.54) is 50.5 Å². The fourth-order valence-corrected chi connectivity index (χ4v) is 7.66. The highest BCUT2D eigenvalue weighted by Crippen LogP contribution is 2.65. The quantitative estimate of drug-likeness (QED) is 0.572. The molecule has 1 nitrogen and oxygen atoms in total. The number of fused-ring (bicyclic) bond motifs is 5. The Bertz CT molecular complexity index is 520. The summed E-state index contributed by atoms with van der Waals surface area (Å²) < 4.78 is 0. The summed E-state index contributed by atoms with van der Waals surface area (Å²) in [6.45, 7) is 11.2. The number of ketones is 1. The summed E-state index contributed by atoms with van der Waals surface area (Å²) in [6.07, 6.45) is 10.9. The maximum atomic E-state index is 12.2. The van der Waals surface area contributed by atoms with E-state index in [2.05, 4.69) is 20.4 Å². The molecule has 23 heavy (non-hydrogen) atoms. The lowest BCUT2D eigenvalue weighted by Crippen LogP contribution is -2.50. The number of hydrogen-bond acceptors (Lipinski definition) is 1. The van der Waals surface area contributed by atoms with Crippen molar-refractivity contribution in [3.63, 3.8) is 0 Å². The first-order valence-electron chi connectivity index (χ1n) is 10.1. The van der Waals surface area contributed by atoms with Gasteiger partial charge in [-0.15, -0.1) is 0 Å². The highest BCUT2D eigenvalue weighted by molar-refractivity contribution is 5.80. The van der Waals surface area contributed by atoms with Crippen LogP contribution in [-0.4, -0.2) is 5.78 Å². The van der Waals surface area contributed by atoms with E-state index in [-0.39, 0.29) is 11.3 Å². The van der Waals surface area contributed by atoms with E-state index in [1.807, 2.05) is 6.92 Å². The molecular weight excluding hydrogens is 280 g/mol. The smallest absolute Gasteiger partial charge is 0.133 e. The van der Waals surface area contributed by atoms with E-state index in [0.717, 1.165) is 41.9 Å². The minimum absolute atomic E-state index is 0.113. The van der Waals surface area contributed by atoms with Crippen LogP contribution in [0.3, 0.4) is 0 Å². The van der Waals surface area contributed by atoms with Crippen LogP contribution >= 0.6 is 0 Å². The van der Waals surface area contributed by atoms with Crippen LogP contribution in [0.5, 0.6) is 0 Å². The largest absolute Gasteiger partial charge is 0.300 e. The third-order valence-corrected chi connectivity index (χ3v) is 8.79. The summed E-state index contributed by atoms with van der Waals surface area (Å²) in [6, 6.07) is 0. The molecule has 0 aliphatic heterocycles. The first-order valence-corrected chi connectivity index (χ1v) is 10.1. The molecule has 128 valence electrons. The third-order valence-electron chi connectivity index (χ3n) is 8.79. The maximum Gasteiger partial charge on any atom is 0.133 e. The Kier molecular flexibility index (Phi) is 3.78. The molecule has 8 atom stereocenters. The highest BCUT2D eigenvalue weighted by atomic mass is 16.1. The summed E-state index contributed by atoms with van der Waals surface area (Å²) in [4.78, 5) is 12.2. The third kappa shape index (κ3) is 2.21. The molecule has 0 heterocycles. The minimum atomic E-state index is 0.113. The molecule has 0 spiro atoms. The summed E-state index contributed by atoms with van der Waals surface area (Å²) in [5.41, 5.74) is 1.54. The summed E-state index contributed by atoms with van der Waals surface area (Å²) in [5, 5.41) is 0. The summed E-state index contributed by atoms with van der Waals surface area (Å²) in [5.74, 6) is 6.06. The van der Waals surface area contributed by atoms with Gasteiger partial charge in [-0.05, 0) is 87.4 Å². The van der Waals surface area contributed by atoms with E-state index < -0.39 is 0 Å². The Morgan fingerprint density at radius 1 is 1.04 bits per heavy atom. The molecule has 1 heteroatoms. The lowest BCUT2D eigenvalue weighted by molar-refractivity contribution is -0.125.